The molecule has 29 heavy (non-hydrogen) atoms. The summed E-state index contributed by atoms with van der Waals surface area (Å²) < 4.78 is 18.9. The normalized spacial score (nSPS) is 16.4. The van der Waals surface area contributed by atoms with Crippen LogP contribution in [0.25, 0.3) is 5.57 Å². The van der Waals surface area contributed by atoms with Crippen LogP contribution in [0.1, 0.15) is 17.5 Å². The van der Waals surface area contributed by atoms with Gasteiger partial charge in [-0.1, -0.05) is 36.4 Å². The molecule has 0 aromatic heterocycles. The number of carbonyl (C=O) groups excluding carboxylic acids is 2. The second kappa shape index (κ2) is 8.34. The fraction of sp³-hybridized carbons (Fsp3) is 0.273. The summed E-state index contributed by atoms with van der Waals surface area (Å²) in [6.45, 7) is 2.34. The maximum atomic E-state index is 13.9. The molecule has 2 aliphatic heterocycles. The number of nitrogens with one attached hydrogen (secondary N) is 1. The highest BCUT2D eigenvalue weighted by Gasteiger charge is 2.23. The first-order valence-electron chi connectivity index (χ1n) is 9.62. The third-order valence-corrected chi connectivity index (χ3v) is 5.17. The van der Waals surface area contributed by atoms with Crippen LogP contribution in [0.5, 0.6) is 0 Å². The molecule has 4 rings (SSSR count). The molecular formula is C22H22FN3O3. The van der Waals surface area contributed by atoms with Gasteiger partial charge in [0.15, 0.2) is 0 Å². The number of hydrogen-bond acceptors (Lipinski definition) is 3. The average molecular weight is 395 g/mol. The monoisotopic (exact) mass is 395 g/mol. The van der Waals surface area contributed by atoms with Crippen molar-refractivity contribution >= 4 is 23.4 Å². The fourth-order valence-electron chi connectivity index (χ4n) is 3.53. The molecule has 150 valence electrons. The van der Waals surface area contributed by atoms with Crippen LogP contribution < -0.4 is 10.2 Å². The molecule has 3 amide bonds. The number of halogens is 1. The van der Waals surface area contributed by atoms with Gasteiger partial charge in [-0.3, -0.25) is 4.90 Å². The summed E-state index contributed by atoms with van der Waals surface area (Å²) in [5.74, 6) is -0.234. The summed E-state index contributed by atoms with van der Waals surface area (Å²) in [4.78, 5) is 27.3. The van der Waals surface area contributed by atoms with Gasteiger partial charge in [-0.25, -0.2) is 14.0 Å². The van der Waals surface area contributed by atoms with Crippen molar-refractivity contribution in [2.75, 3.05) is 31.1 Å². The highest BCUT2D eigenvalue weighted by Crippen LogP contribution is 2.24. The number of hydrogen-bond donors (Lipinski definition) is 1. The molecule has 0 bridgehead atoms. The Morgan fingerprint density at radius 2 is 1.90 bits per heavy atom. The van der Waals surface area contributed by atoms with Gasteiger partial charge in [0, 0.05) is 30.9 Å². The summed E-state index contributed by atoms with van der Waals surface area (Å²) in [5, 5.41) is 2.91. The van der Waals surface area contributed by atoms with E-state index in [4.69, 9.17) is 4.74 Å². The molecule has 6 nitrogen and oxygen atoms in total. The molecule has 2 aliphatic rings. The Labute approximate surface area is 168 Å². The molecule has 0 saturated carbocycles. The van der Waals surface area contributed by atoms with Crippen LogP contribution in [0, 0.1) is 5.82 Å². The van der Waals surface area contributed by atoms with Crippen LogP contribution in [0.4, 0.5) is 19.7 Å². The van der Waals surface area contributed by atoms with E-state index in [9.17, 15) is 14.0 Å². The first-order chi connectivity index (χ1) is 14.1. The van der Waals surface area contributed by atoms with Gasteiger partial charge in [0.05, 0.1) is 6.54 Å². The van der Waals surface area contributed by atoms with Crippen molar-refractivity contribution in [1.29, 1.82) is 0 Å². The second-order valence-corrected chi connectivity index (χ2v) is 7.00. The Morgan fingerprint density at radius 1 is 1.10 bits per heavy atom. The summed E-state index contributed by atoms with van der Waals surface area (Å²) >= 11 is 0. The van der Waals surface area contributed by atoms with Crippen molar-refractivity contribution in [3.8, 4) is 0 Å². The molecular weight excluding hydrogens is 373 g/mol. The Bertz CT molecular complexity index is 943. The molecule has 2 aromatic carbocycles. The number of carbonyl (C=O) groups is 2. The minimum atomic E-state index is -0.334. The quantitative estimate of drug-likeness (QED) is 0.857. The SMILES string of the molecule is O=C(NCc1ccc(N2CCOC2=O)cc1)N1CC=C(c2ccccc2F)CC1. The average Bonchev–Trinajstić information content (AvgIpc) is 3.19. The first kappa shape index (κ1) is 19.0. The fourth-order valence-corrected chi connectivity index (χ4v) is 3.53. The van der Waals surface area contributed by atoms with Gasteiger partial charge in [-0.05, 0) is 35.8 Å². The van der Waals surface area contributed by atoms with Gasteiger partial charge >= 0.3 is 12.1 Å². The summed E-state index contributed by atoms with van der Waals surface area (Å²) in [7, 11) is 0. The summed E-state index contributed by atoms with van der Waals surface area (Å²) in [6.07, 6.45) is 2.19. The second-order valence-electron chi connectivity index (χ2n) is 7.00. The molecule has 0 spiro atoms. The van der Waals surface area contributed by atoms with Crippen LogP contribution >= 0.6 is 0 Å². The number of benzene rings is 2. The predicted octanol–water partition coefficient (Wildman–Crippen LogP) is 3.78. The zero-order valence-electron chi connectivity index (χ0n) is 15.9. The number of nitrogens with zero attached hydrogens (tertiary/aromatic N) is 2. The molecule has 1 N–H and O–H groups in total. The van der Waals surface area contributed by atoms with Crippen molar-refractivity contribution in [3.05, 3.63) is 71.6 Å². The van der Waals surface area contributed by atoms with Gasteiger partial charge in [0.1, 0.15) is 12.4 Å². The Kier molecular flexibility index (Phi) is 5.46. The van der Waals surface area contributed by atoms with E-state index < -0.39 is 0 Å². The van der Waals surface area contributed by atoms with Gasteiger partial charge < -0.3 is 15.0 Å². The molecule has 2 heterocycles. The predicted molar refractivity (Wildman–Crippen MR) is 108 cm³/mol. The smallest absolute Gasteiger partial charge is 0.414 e. The standard InChI is InChI=1S/C22H22FN3O3/c23-20-4-2-1-3-19(20)17-9-11-25(12-10-17)21(27)24-15-16-5-7-18(8-6-16)26-13-14-29-22(26)28/h1-9H,10-15H2,(H,24,27). The van der Waals surface area contributed by atoms with Crippen molar-refractivity contribution in [1.82, 2.24) is 10.2 Å². The number of ether oxygens (including phenoxy) is 1. The van der Waals surface area contributed by atoms with Crippen molar-refractivity contribution in [2.45, 2.75) is 13.0 Å². The lowest BCUT2D eigenvalue weighted by molar-refractivity contribution is 0.181. The summed E-state index contributed by atoms with van der Waals surface area (Å²) in [6, 6.07) is 14.0. The highest BCUT2D eigenvalue weighted by molar-refractivity contribution is 5.89. The summed E-state index contributed by atoms with van der Waals surface area (Å²) in [5.41, 5.74) is 3.26. The number of urea groups is 1. The Morgan fingerprint density at radius 3 is 2.55 bits per heavy atom. The number of cyclic esters (lactones) is 1. The van der Waals surface area contributed by atoms with E-state index in [2.05, 4.69) is 5.32 Å². The van der Waals surface area contributed by atoms with Crippen molar-refractivity contribution < 1.29 is 18.7 Å². The van der Waals surface area contributed by atoms with Gasteiger partial charge in [-0.15, -0.1) is 0 Å². The van der Waals surface area contributed by atoms with E-state index in [0.717, 1.165) is 16.8 Å². The van der Waals surface area contributed by atoms with Crippen LogP contribution in [0.2, 0.25) is 0 Å². The third-order valence-electron chi connectivity index (χ3n) is 5.17. The van der Waals surface area contributed by atoms with Gasteiger partial charge in [0.2, 0.25) is 0 Å². The van der Waals surface area contributed by atoms with Gasteiger partial charge in [0.25, 0.3) is 0 Å². The Hall–Kier alpha value is -3.35. The zero-order chi connectivity index (χ0) is 20.2. The first-order valence-corrected chi connectivity index (χ1v) is 9.62. The lowest BCUT2D eigenvalue weighted by atomic mass is 9.99. The maximum Gasteiger partial charge on any atom is 0.414 e. The molecule has 0 aliphatic carbocycles. The number of anilines is 1. The molecule has 0 radical (unpaired) electrons. The van der Waals surface area contributed by atoms with E-state index in [0.29, 0.717) is 44.8 Å². The maximum absolute atomic E-state index is 13.9. The number of rotatable bonds is 4. The largest absolute Gasteiger partial charge is 0.447 e. The molecule has 1 saturated heterocycles. The number of amides is 3. The van der Waals surface area contributed by atoms with Crippen LogP contribution in [-0.2, 0) is 11.3 Å². The van der Waals surface area contributed by atoms with Gasteiger partial charge in [-0.2, -0.15) is 0 Å². The lowest BCUT2D eigenvalue weighted by Crippen LogP contribution is -2.41. The van der Waals surface area contributed by atoms with Crippen LogP contribution in [-0.4, -0.2) is 43.3 Å². The van der Waals surface area contributed by atoms with E-state index >= 15 is 0 Å². The molecule has 7 heteroatoms. The van der Waals surface area contributed by atoms with Crippen LogP contribution in [0.15, 0.2) is 54.6 Å². The molecule has 1 fully saturated rings. The van der Waals surface area contributed by atoms with Crippen molar-refractivity contribution in [3.63, 3.8) is 0 Å². The minimum absolute atomic E-state index is 0.152. The lowest BCUT2D eigenvalue weighted by Gasteiger charge is -2.27. The van der Waals surface area contributed by atoms with Crippen molar-refractivity contribution in [2.24, 2.45) is 0 Å². The Balaban J connectivity index is 1.30. The molecule has 0 atom stereocenters. The highest BCUT2D eigenvalue weighted by atomic mass is 19.1. The van der Waals surface area contributed by atoms with E-state index in [-0.39, 0.29) is 17.9 Å². The van der Waals surface area contributed by atoms with E-state index in [1.807, 2.05) is 36.4 Å². The minimum Gasteiger partial charge on any atom is -0.447 e. The zero-order valence-corrected chi connectivity index (χ0v) is 15.9. The third kappa shape index (κ3) is 4.23. The van der Waals surface area contributed by atoms with E-state index in [1.54, 1.807) is 21.9 Å². The topological polar surface area (TPSA) is 61.9 Å². The molecule has 0 unspecified atom stereocenters. The molecule has 2 aromatic rings. The van der Waals surface area contributed by atoms with Crippen LogP contribution in [0.3, 0.4) is 0 Å². The van der Waals surface area contributed by atoms with E-state index in [1.165, 1.54) is 6.07 Å².